The van der Waals surface area contributed by atoms with Crippen LogP contribution >= 0.6 is 54.5 Å². The minimum atomic E-state index is 0.291. The Morgan fingerprint density at radius 3 is 2.56 bits per heavy atom. The summed E-state index contributed by atoms with van der Waals surface area (Å²) in [5.74, 6) is 0. The number of halogens is 2. The van der Waals surface area contributed by atoms with E-state index in [1.54, 1.807) is 22.7 Å². The Labute approximate surface area is 120 Å². The van der Waals surface area contributed by atoms with E-state index in [0.717, 1.165) is 8.26 Å². The predicted molar refractivity (Wildman–Crippen MR) is 79.7 cm³/mol. The highest BCUT2D eigenvalue weighted by Gasteiger charge is 2.18. The van der Waals surface area contributed by atoms with Crippen molar-refractivity contribution in [2.45, 2.75) is 13.0 Å². The third-order valence-corrected chi connectivity index (χ3v) is 6.63. The van der Waals surface area contributed by atoms with Gasteiger partial charge in [-0.1, -0.05) is 0 Å². The summed E-state index contributed by atoms with van der Waals surface area (Å²) in [4.78, 5) is 2.70. The van der Waals surface area contributed by atoms with Crippen molar-refractivity contribution in [3.63, 3.8) is 0 Å². The van der Waals surface area contributed by atoms with Gasteiger partial charge in [0.2, 0.25) is 0 Å². The summed E-state index contributed by atoms with van der Waals surface area (Å²) in [6.45, 7) is 2.17. The average Bonchev–Trinajstić information content (AvgIpc) is 2.78. The summed E-state index contributed by atoms with van der Waals surface area (Å²) >= 11 is 10.6. The van der Waals surface area contributed by atoms with E-state index in [1.807, 2.05) is 7.05 Å². The van der Waals surface area contributed by atoms with Crippen LogP contribution in [0.1, 0.15) is 21.4 Å². The van der Waals surface area contributed by atoms with E-state index in [1.165, 1.54) is 15.3 Å². The number of hydrogen-bond acceptors (Lipinski definition) is 3. The van der Waals surface area contributed by atoms with Gasteiger partial charge in [0, 0.05) is 14.2 Å². The van der Waals surface area contributed by atoms with Gasteiger partial charge < -0.3 is 5.32 Å². The van der Waals surface area contributed by atoms with Gasteiger partial charge in [-0.15, -0.1) is 22.7 Å². The molecule has 0 bridgehead atoms. The van der Waals surface area contributed by atoms with E-state index < -0.39 is 0 Å². The van der Waals surface area contributed by atoms with Gasteiger partial charge in [-0.05, 0) is 68.9 Å². The Bertz CT molecular complexity index is 470. The topological polar surface area (TPSA) is 12.0 Å². The quantitative estimate of drug-likeness (QED) is 0.793. The first kappa shape index (κ1) is 12.8. The minimum absolute atomic E-state index is 0.291. The molecule has 86 valence electrons. The molecule has 1 N–H and O–H groups in total. The number of thiophene rings is 2. The van der Waals surface area contributed by atoms with Gasteiger partial charge in [0.25, 0.3) is 0 Å². The molecule has 0 amide bonds. The third-order valence-electron chi connectivity index (χ3n) is 2.45. The monoisotopic (exact) mass is 379 g/mol. The number of nitrogens with one attached hydrogen (secondary N) is 1. The Balaban J connectivity index is 2.40. The molecule has 0 aromatic carbocycles. The van der Waals surface area contributed by atoms with Crippen LogP contribution in [-0.4, -0.2) is 7.05 Å². The highest BCUT2D eigenvalue weighted by molar-refractivity contribution is 9.13. The van der Waals surface area contributed by atoms with Gasteiger partial charge in [0.05, 0.1) is 9.83 Å². The zero-order valence-corrected chi connectivity index (χ0v) is 13.7. The van der Waals surface area contributed by atoms with Gasteiger partial charge in [-0.25, -0.2) is 0 Å². The fourth-order valence-corrected chi connectivity index (χ4v) is 4.61. The van der Waals surface area contributed by atoms with Crippen molar-refractivity contribution in [1.82, 2.24) is 5.32 Å². The van der Waals surface area contributed by atoms with Gasteiger partial charge in [0.1, 0.15) is 0 Å². The molecule has 5 heteroatoms. The first-order valence-corrected chi connectivity index (χ1v) is 8.07. The van der Waals surface area contributed by atoms with Crippen LogP contribution in [-0.2, 0) is 0 Å². The number of aryl methyl sites for hydroxylation is 1. The summed E-state index contributed by atoms with van der Waals surface area (Å²) in [6, 6.07) is 4.66. The average molecular weight is 381 g/mol. The van der Waals surface area contributed by atoms with Gasteiger partial charge in [-0.3, -0.25) is 0 Å². The van der Waals surface area contributed by atoms with Crippen LogP contribution in [0.4, 0.5) is 0 Å². The molecule has 0 aliphatic heterocycles. The largest absolute Gasteiger partial charge is 0.309 e. The van der Waals surface area contributed by atoms with Crippen molar-refractivity contribution < 1.29 is 0 Å². The summed E-state index contributed by atoms with van der Waals surface area (Å²) < 4.78 is 2.27. The smallest absolute Gasteiger partial charge is 0.0843 e. The second kappa shape index (κ2) is 5.31. The van der Waals surface area contributed by atoms with E-state index in [4.69, 9.17) is 0 Å². The SMILES string of the molecule is CNC(c1cc(Br)c(Br)s1)c1ccsc1C. The van der Waals surface area contributed by atoms with Gasteiger partial charge in [-0.2, -0.15) is 0 Å². The predicted octanol–water partition coefficient (Wildman–Crippen LogP) is 4.95. The lowest BCUT2D eigenvalue weighted by atomic mass is 10.1. The first-order valence-electron chi connectivity index (χ1n) is 4.79. The second-order valence-corrected chi connectivity index (χ2v) is 7.80. The van der Waals surface area contributed by atoms with Crippen molar-refractivity contribution in [2.75, 3.05) is 7.05 Å². The Hall–Kier alpha value is 0.320. The maximum atomic E-state index is 3.54. The second-order valence-electron chi connectivity index (χ2n) is 3.42. The van der Waals surface area contributed by atoms with Crippen LogP contribution in [0.2, 0.25) is 0 Å². The zero-order chi connectivity index (χ0) is 11.7. The maximum Gasteiger partial charge on any atom is 0.0843 e. The van der Waals surface area contributed by atoms with E-state index in [0.29, 0.717) is 6.04 Å². The van der Waals surface area contributed by atoms with Crippen molar-refractivity contribution in [2.24, 2.45) is 0 Å². The summed E-state index contributed by atoms with van der Waals surface area (Å²) in [6.07, 6.45) is 0. The molecule has 1 unspecified atom stereocenters. The van der Waals surface area contributed by atoms with Crippen LogP contribution in [0.3, 0.4) is 0 Å². The van der Waals surface area contributed by atoms with Crippen molar-refractivity contribution in [1.29, 1.82) is 0 Å². The van der Waals surface area contributed by atoms with E-state index in [-0.39, 0.29) is 0 Å². The van der Waals surface area contributed by atoms with Gasteiger partial charge in [0.15, 0.2) is 0 Å². The molecule has 0 saturated heterocycles. The van der Waals surface area contributed by atoms with Crippen molar-refractivity contribution in [3.05, 3.63) is 41.1 Å². The molecule has 0 saturated carbocycles. The molecule has 1 nitrogen and oxygen atoms in total. The summed E-state index contributed by atoms with van der Waals surface area (Å²) in [5, 5.41) is 5.52. The molecule has 2 aromatic heterocycles. The van der Waals surface area contributed by atoms with Crippen LogP contribution in [0.5, 0.6) is 0 Å². The molecule has 0 aliphatic rings. The molecule has 16 heavy (non-hydrogen) atoms. The molecule has 2 heterocycles. The highest BCUT2D eigenvalue weighted by atomic mass is 79.9. The molecule has 0 fully saturated rings. The van der Waals surface area contributed by atoms with E-state index in [9.17, 15) is 0 Å². The molecule has 2 aromatic rings. The lowest BCUT2D eigenvalue weighted by Gasteiger charge is -2.14. The standard InChI is InChI=1S/C11H11Br2NS2/c1-6-7(3-4-15-6)10(14-2)9-5-8(12)11(13)16-9/h3-5,10,14H,1-2H3. The molecular formula is C11H11Br2NS2. The molecule has 1 atom stereocenters. The normalized spacial score (nSPS) is 13.0. The molecular weight excluding hydrogens is 370 g/mol. The number of hydrogen-bond donors (Lipinski definition) is 1. The zero-order valence-electron chi connectivity index (χ0n) is 8.88. The maximum absolute atomic E-state index is 3.54. The number of rotatable bonds is 3. The van der Waals surface area contributed by atoms with Crippen LogP contribution < -0.4 is 5.32 Å². The van der Waals surface area contributed by atoms with Crippen LogP contribution in [0.15, 0.2) is 25.8 Å². The fraction of sp³-hybridized carbons (Fsp3) is 0.273. The highest BCUT2D eigenvalue weighted by Crippen LogP contribution is 2.38. The van der Waals surface area contributed by atoms with Crippen molar-refractivity contribution >= 4 is 54.5 Å². The molecule has 2 rings (SSSR count). The first-order chi connectivity index (χ1) is 7.63. The summed E-state index contributed by atoms with van der Waals surface area (Å²) in [5.41, 5.74) is 1.37. The lowest BCUT2D eigenvalue weighted by Crippen LogP contribution is -2.16. The third kappa shape index (κ3) is 2.43. The Kier molecular flexibility index (Phi) is 4.24. The van der Waals surface area contributed by atoms with Gasteiger partial charge >= 0.3 is 0 Å². The molecule has 0 spiro atoms. The summed E-state index contributed by atoms with van der Waals surface area (Å²) in [7, 11) is 2.00. The van der Waals surface area contributed by atoms with Crippen LogP contribution in [0, 0.1) is 6.92 Å². The van der Waals surface area contributed by atoms with Crippen LogP contribution in [0.25, 0.3) is 0 Å². The lowest BCUT2D eigenvalue weighted by molar-refractivity contribution is 0.703. The minimum Gasteiger partial charge on any atom is -0.309 e. The van der Waals surface area contributed by atoms with Crippen molar-refractivity contribution in [3.8, 4) is 0 Å². The molecule has 0 radical (unpaired) electrons. The fourth-order valence-electron chi connectivity index (χ4n) is 1.65. The van der Waals surface area contributed by atoms with E-state index >= 15 is 0 Å². The van der Waals surface area contributed by atoms with E-state index in [2.05, 4.69) is 61.6 Å². The Morgan fingerprint density at radius 1 is 1.38 bits per heavy atom. The molecule has 0 aliphatic carbocycles. The Morgan fingerprint density at radius 2 is 2.12 bits per heavy atom.